The van der Waals surface area contributed by atoms with Gasteiger partial charge in [-0.2, -0.15) is 0 Å². The van der Waals surface area contributed by atoms with E-state index in [2.05, 4.69) is 16.0 Å². The average molecular weight is 421 g/mol. The number of amides is 2. The third-order valence-electron chi connectivity index (χ3n) is 3.40. The Balaban J connectivity index is 3.31. The molecule has 0 spiro atoms. The van der Waals surface area contributed by atoms with E-state index in [4.69, 9.17) is 18.9 Å². The minimum atomic E-state index is -0.683. The van der Waals surface area contributed by atoms with Crippen molar-refractivity contribution in [3.8, 4) is 0 Å². The Labute approximate surface area is 171 Å². The quantitative estimate of drug-likeness (QED) is 0.132. The highest BCUT2D eigenvalue weighted by atomic mass is 16.5. The number of hydrogen-bond acceptors (Lipinski definition) is 9. The van der Waals surface area contributed by atoms with Gasteiger partial charge in [-0.3, -0.25) is 19.7 Å². The lowest BCUT2D eigenvalue weighted by atomic mass is 10.2. The van der Waals surface area contributed by atoms with Gasteiger partial charge in [-0.1, -0.05) is 0 Å². The molecule has 0 bridgehead atoms. The Morgan fingerprint density at radius 3 is 1.86 bits per heavy atom. The van der Waals surface area contributed by atoms with E-state index < -0.39 is 6.23 Å². The van der Waals surface area contributed by atoms with Gasteiger partial charge in [0.25, 0.3) is 0 Å². The van der Waals surface area contributed by atoms with Gasteiger partial charge in [-0.25, -0.2) is 0 Å². The van der Waals surface area contributed by atoms with Gasteiger partial charge in [-0.05, 0) is 20.4 Å². The Hall–Kier alpha value is -1.63. The topological polar surface area (TPSA) is 144 Å². The molecule has 0 unspecified atom stereocenters. The van der Waals surface area contributed by atoms with Crippen LogP contribution in [0.4, 0.5) is 0 Å². The second-order valence-corrected chi connectivity index (χ2v) is 6.07. The molecular weight excluding hydrogens is 386 g/mol. The summed E-state index contributed by atoms with van der Waals surface area (Å²) in [6, 6.07) is 0. The maximum absolute atomic E-state index is 11.5. The van der Waals surface area contributed by atoms with Crippen LogP contribution in [0.2, 0.25) is 0 Å². The van der Waals surface area contributed by atoms with E-state index in [9.17, 15) is 19.5 Å². The van der Waals surface area contributed by atoms with Gasteiger partial charge < -0.3 is 34.7 Å². The summed E-state index contributed by atoms with van der Waals surface area (Å²) in [5.74, 6) is -0.437. The number of nitrogens with one attached hydrogen (secondary N) is 3. The van der Waals surface area contributed by atoms with Crippen molar-refractivity contribution in [2.45, 2.75) is 26.0 Å². The molecule has 11 heteroatoms. The summed E-state index contributed by atoms with van der Waals surface area (Å²) in [5, 5.41) is 17.2. The number of carbonyl (C=O) groups excluding carboxylic acids is 3. The normalized spacial score (nSPS) is 11.8. The molecule has 0 aromatic rings. The molecule has 0 aromatic carbocycles. The molecule has 0 rings (SSSR count). The van der Waals surface area contributed by atoms with Crippen LogP contribution in [0.5, 0.6) is 0 Å². The van der Waals surface area contributed by atoms with Crippen LogP contribution >= 0.6 is 0 Å². The lowest BCUT2D eigenvalue weighted by Gasteiger charge is -2.10. The van der Waals surface area contributed by atoms with E-state index in [1.54, 1.807) is 7.05 Å². The van der Waals surface area contributed by atoms with Crippen molar-refractivity contribution in [1.82, 2.24) is 16.0 Å². The van der Waals surface area contributed by atoms with Crippen LogP contribution in [0.15, 0.2) is 0 Å². The number of hydrogen-bond donors (Lipinski definition) is 4. The van der Waals surface area contributed by atoms with Crippen molar-refractivity contribution in [3.63, 3.8) is 0 Å². The summed E-state index contributed by atoms with van der Waals surface area (Å²) in [6.07, 6.45) is -0.100. The second-order valence-electron chi connectivity index (χ2n) is 6.07. The Kier molecular flexibility index (Phi) is 18.6. The highest BCUT2D eigenvalue weighted by Crippen LogP contribution is 1.92. The standard InChI is InChI=1S/C18H35N3O8/c1-15(22)13-28-11-9-27-8-6-21-18(25)14-29-12-10-26-7-5-20-17(24)4-3-16(23)19-2/h16,19,23H,3-14H2,1-2H3,(H,20,24)(H,21,25)/t16-/m1/s1. The molecule has 170 valence electrons. The highest BCUT2D eigenvalue weighted by molar-refractivity contribution is 5.77. The lowest BCUT2D eigenvalue weighted by molar-refractivity contribution is -0.127. The number of ketones is 1. The van der Waals surface area contributed by atoms with Crippen molar-refractivity contribution >= 4 is 17.6 Å². The molecule has 0 saturated heterocycles. The van der Waals surface area contributed by atoms with Gasteiger partial charge in [0.1, 0.15) is 19.4 Å². The minimum absolute atomic E-state index is 0.0354. The number of carbonyl (C=O) groups is 3. The van der Waals surface area contributed by atoms with Crippen LogP contribution in [0, 0.1) is 0 Å². The number of rotatable bonds is 20. The molecule has 11 nitrogen and oxygen atoms in total. The summed E-state index contributed by atoms with van der Waals surface area (Å²) in [7, 11) is 1.62. The van der Waals surface area contributed by atoms with Crippen LogP contribution in [-0.2, 0) is 33.3 Å². The van der Waals surface area contributed by atoms with Crippen LogP contribution in [-0.4, -0.2) is 102 Å². The first-order valence-corrected chi connectivity index (χ1v) is 9.64. The summed E-state index contributed by atoms with van der Waals surface area (Å²) in [5.41, 5.74) is 0. The first-order valence-electron chi connectivity index (χ1n) is 9.64. The molecule has 0 aliphatic heterocycles. The van der Waals surface area contributed by atoms with Crippen molar-refractivity contribution < 1.29 is 38.4 Å². The second kappa shape index (κ2) is 19.7. The number of aliphatic hydroxyl groups is 1. The Morgan fingerprint density at radius 1 is 0.793 bits per heavy atom. The number of Topliss-reactive ketones (excluding diaryl/α,β-unsaturated/α-hetero) is 1. The third-order valence-corrected chi connectivity index (χ3v) is 3.40. The summed E-state index contributed by atoms with van der Waals surface area (Å²) >= 11 is 0. The van der Waals surface area contributed by atoms with Crippen LogP contribution in [0.1, 0.15) is 19.8 Å². The van der Waals surface area contributed by atoms with Gasteiger partial charge in [0, 0.05) is 19.5 Å². The largest absolute Gasteiger partial charge is 0.379 e. The van der Waals surface area contributed by atoms with Gasteiger partial charge >= 0.3 is 0 Å². The maximum Gasteiger partial charge on any atom is 0.246 e. The zero-order valence-electron chi connectivity index (χ0n) is 17.4. The van der Waals surface area contributed by atoms with E-state index in [0.29, 0.717) is 52.5 Å². The van der Waals surface area contributed by atoms with Gasteiger partial charge in [0.05, 0.1) is 39.6 Å². The molecule has 29 heavy (non-hydrogen) atoms. The maximum atomic E-state index is 11.5. The van der Waals surface area contributed by atoms with Crippen LogP contribution in [0.3, 0.4) is 0 Å². The predicted molar refractivity (Wildman–Crippen MR) is 104 cm³/mol. The first kappa shape index (κ1) is 27.4. The third kappa shape index (κ3) is 20.9. The molecule has 0 heterocycles. The zero-order chi connectivity index (χ0) is 21.7. The van der Waals surface area contributed by atoms with E-state index >= 15 is 0 Å². The minimum Gasteiger partial charge on any atom is -0.379 e. The van der Waals surface area contributed by atoms with Gasteiger partial charge in [0.2, 0.25) is 11.8 Å². The van der Waals surface area contributed by atoms with Crippen LogP contribution in [0.25, 0.3) is 0 Å². The molecule has 0 fully saturated rings. The smallest absolute Gasteiger partial charge is 0.246 e. The zero-order valence-corrected chi connectivity index (χ0v) is 17.4. The average Bonchev–Trinajstić information content (AvgIpc) is 2.69. The predicted octanol–water partition coefficient (Wildman–Crippen LogP) is -1.81. The fourth-order valence-electron chi connectivity index (χ4n) is 1.90. The fraction of sp³-hybridized carbons (Fsp3) is 0.833. The molecule has 0 radical (unpaired) electrons. The molecule has 4 N–H and O–H groups in total. The Morgan fingerprint density at radius 2 is 1.31 bits per heavy atom. The van der Waals surface area contributed by atoms with Crippen molar-refractivity contribution in [1.29, 1.82) is 0 Å². The van der Waals surface area contributed by atoms with E-state index in [1.165, 1.54) is 6.92 Å². The summed E-state index contributed by atoms with van der Waals surface area (Å²) in [6.45, 7) is 4.13. The Bertz CT molecular complexity index is 451. The van der Waals surface area contributed by atoms with Crippen LogP contribution < -0.4 is 16.0 Å². The molecule has 1 atom stereocenters. The van der Waals surface area contributed by atoms with Gasteiger partial charge in [0.15, 0.2) is 5.78 Å². The highest BCUT2D eigenvalue weighted by Gasteiger charge is 2.05. The monoisotopic (exact) mass is 421 g/mol. The summed E-state index contributed by atoms with van der Waals surface area (Å²) in [4.78, 5) is 33.6. The van der Waals surface area contributed by atoms with E-state index in [-0.39, 0.29) is 43.8 Å². The SMILES string of the molecule is CN[C@H](O)CCC(=O)NCCOCCOCC(=O)NCCOCCOCC(C)=O. The van der Waals surface area contributed by atoms with Crippen molar-refractivity contribution in [2.75, 3.05) is 73.0 Å². The molecule has 0 aliphatic rings. The lowest BCUT2D eigenvalue weighted by Crippen LogP contribution is -2.32. The molecule has 0 aromatic heterocycles. The number of ether oxygens (including phenoxy) is 4. The van der Waals surface area contributed by atoms with Crippen molar-refractivity contribution in [3.05, 3.63) is 0 Å². The first-order chi connectivity index (χ1) is 14.0. The fourth-order valence-corrected chi connectivity index (χ4v) is 1.90. The van der Waals surface area contributed by atoms with E-state index in [1.807, 2.05) is 0 Å². The molecule has 0 saturated carbocycles. The molecule has 0 aliphatic carbocycles. The molecule has 2 amide bonds. The van der Waals surface area contributed by atoms with E-state index in [0.717, 1.165) is 0 Å². The summed E-state index contributed by atoms with van der Waals surface area (Å²) < 4.78 is 20.7. The van der Waals surface area contributed by atoms with Crippen molar-refractivity contribution in [2.24, 2.45) is 0 Å². The molecular formula is C18H35N3O8. The number of aliphatic hydroxyl groups excluding tert-OH is 1. The van der Waals surface area contributed by atoms with Gasteiger partial charge in [-0.15, -0.1) is 0 Å².